The molecule has 1 fully saturated rings. The van der Waals surface area contributed by atoms with Gasteiger partial charge in [0.05, 0.1) is 5.56 Å². The maximum atomic E-state index is 12.7. The molecule has 0 unspecified atom stereocenters. The lowest BCUT2D eigenvalue weighted by atomic mass is 9.99. The van der Waals surface area contributed by atoms with Crippen molar-refractivity contribution in [2.45, 2.75) is 32.0 Å². The van der Waals surface area contributed by atoms with Crippen molar-refractivity contribution in [3.8, 4) is 0 Å². The summed E-state index contributed by atoms with van der Waals surface area (Å²) in [6.45, 7) is 2.21. The highest BCUT2D eigenvalue weighted by Gasteiger charge is 2.30. The molecule has 1 aliphatic rings. The second-order valence-corrected chi connectivity index (χ2v) is 6.16. The molecule has 2 rings (SSSR count). The maximum Gasteiger partial charge on any atom is 0.416 e. The van der Waals surface area contributed by atoms with Crippen LogP contribution in [0.15, 0.2) is 24.3 Å². The Hall–Kier alpha value is -1.76. The molecule has 134 valence electrons. The zero-order valence-corrected chi connectivity index (χ0v) is 13.7. The summed E-state index contributed by atoms with van der Waals surface area (Å²) in [4.78, 5) is 13.4. The van der Waals surface area contributed by atoms with Gasteiger partial charge in [0.15, 0.2) is 0 Å². The van der Waals surface area contributed by atoms with Crippen molar-refractivity contribution in [2.75, 3.05) is 26.8 Å². The van der Waals surface area contributed by atoms with Gasteiger partial charge in [0.2, 0.25) is 0 Å². The fraction of sp³-hybridized carbons (Fsp3) is 0.588. The monoisotopic (exact) mass is 344 g/mol. The number of carbonyl (C=O) groups is 1. The Kier molecular flexibility index (Phi) is 6.48. The van der Waals surface area contributed by atoms with E-state index in [1.54, 1.807) is 13.1 Å². The molecule has 1 aromatic carbocycles. The zero-order valence-electron chi connectivity index (χ0n) is 13.7. The molecule has 0 spiro atoms. The minimum atomic E-state index is -4.38. The highest BCUT2D eigenvalue weighted by Crippen LogP contribution is 2.29. The summed E-state index contributed by atoms with van der Waals surface area (Å²) in [5.41, 5.74) is -0.255. The molecular formula is C17H23F3N2O2. The van der Waals surface area contributed by atoms with Gasteiger partial charge < -0.3 is 15.0 Å². The minimum absolute atomic E-state index is 0.127. The smallest absolute Gasteiger partial charge is 0.381 e. The van der Waals surface area contributed by atoms with Gasteiger partial charge in [0.25, 0.3) is 0 Å². The third-order valence-electron chi connectivity index (χ3n) is 4.10. The molecule has 0 aromatic heterocycles. The van der Waals surface area contributed by atoms with Crippen molar-refractivity contribution in [3.63, 3.8) is 0 Å². The highest BCUT2D eigenvalue weighted by atomic mass is 19.4. The molecule has 0 aliphatic carbocycles. The van der Waals surface area contributed by atoms with Crippen LogP contribution in [0.3, 0.4) is 0 Å². The third kappa shape index (κ3) is 5.70. The van der Waals surface area contributed by atoms with Crippen molar-refractivity contribution >= 4 is 6.03 Å². The number of nitrogens with zero attached hydrogens (tertiary/aromatic N) is 1. The van der Waals surface area contributed by atoms with Gasteiger partial charge in [-0.25, -0.2) is 4.79 Å². The molecule has 1 N–H and O–H groups in total. The lowest BCUT2D eigenvalue weighted by Gasteiger charge is -2.23. The fourth-order valence-electron chi connectivity index (χ4n) is 2.74. The molecule has 2 amide bonds. The molecule has 24 heavy (non-hydrogen) atoms. The Bertz CT molecular complexity index is 543. The van der Waals surface area contributed by atoms with E-state index in [4.69, 9.17) is 4.74 Å². The number of benzene rings is 1. The molecule has 7 heteroatoms. The van der Waals surface area contributed by atoms with Crippen LogP contribution in [-0.4, -0.2) is 37.7 Å². The summed E-state index contributed by atoms with van der Waals surface area (Å²) in [6.07, 6.45) is -1.37. The average molecular weight is 344 g/mol. The van der Waals surface area contributed by atoms with E-state index < -0.39 is 11.7 Å². The predicted molar refractivity (Wildman–Crippen MR) is 84.5 cm³/mol. The highest BCUT2D eigenvalue weighted by molar-refractivity contribution is 5.73. The number of nitrogens with one attached hydrogen (secondary N) is 1. The third-order valence-corrected chi connectivity index (χ3v) is 4.10. The van der Waals surface area contributed by atoms with E-state index in [1.807, 2.05) is 0 Å². The van der Waals surface area contributed by atoms with E-state index in [1.165, 1.54) is 11.0 Å². The van der Waals surface area contributed by atoms with Crippen molar-refractivity contribution in [1.29, 1.82) is 0 Å². The molecule has 1 atom stereocenters. The predicted octanol–water partition coefficient (Wildman–Crippen LogP) is 3.66. The van der Waals surface area contributed by atoms with Crippen LogP contribution in [0.25, 0.3) is 0 Å². The standard InChI is InChI=1S/C17H23F3N2O2/c1-22(11-14-4-2-6-15(10-14)17(18,19)20)16(23)21-8-7-13-5-3-9-24-12-13/h2,4,6,10,13H,3,5,7-9,11-12H2,1H3,(H,21,23)/t13-/m1/s1. The van der Waals surface area contributed by atoms with Crippen LogP contribution in [0, 0.1) is 5.92 Å². The molecule has 4 nitrogen and oxygen atoms in total. The molecule has 1 heterocycles. The summed E-state index contributed by atoms with van der Waals surface area (Å²) in [5, 5.41) is 2.80. The van der Waals surface area contributed by atoms with E-state index in [2.05, 4.69) is 5.32 Å². The SMILES string of the molecule is CN(Cc1cccc(C(F)(F)F)c1)C(=O)NCC[C@H]1CCCOC1. The molecular weight excluding hydrogens is 321 g/mol. The van der Waals surface area contributed by atoms with Crippen LogP contribution in [-0.2, 0) is 17.5 Å². The second-order valence-electron chi connectivity index (χ2n) is 6.16. The van der Waals surface area contributed by atoms with Crippen molar-refractivity contribution in [1.82, 2.24) is 10.2 Å². The number of urea groups is 1. The molecule has 0 radical (unpaired) electrons. The van der Waals surface area contributed by atoms with Gasteiger partial charge in [0.1, 0.15) is 0 Å². The molecule has 1 aromatic rings. The molecule has 0 saturated carbocycles. The Morgan fingerprint density at radius 2 is 2.21 bits per heavy atom. The molecule has 1 aliphatic heterocycles. The van der Waals surface area contributed by atoms with Crippen LogP contribution >= 0.6 is 0 Å². The van der Waals surface area contributed by atoms with E-state index >= 15 is 0 Å². The number of hydrogen-bond donors (Lipinski definition) is 1. The first-order chi connectivity index (χ1) is 11.4. The van der Waals surface area contributed by atoms with Gasteiger partial charge in [0, 0.05) is 33.4 Å². The van der Waals surface area contributed by atoms with Crippen LogP contribution in [0.2, 0.25) is 0 Å². The van der Waals surface area contributed by atoms with Gasteiger partial charge in [-0.3, -0.25) is 0 Å². The topological polar surface area (TPSA) is 41.6 Å². The first-order valence-electron chi connectivity index (χ1n) is 8.09. The van der Waals surface area contributed by atoms with Gasteiger partial charge in [-0.15, -0.1) is 0 Å². The minimum Gasteiger partial charge on any atom is -0.381 e. The number of amides is 2. The summed E-state index contributed by atoms with van der Waals surface area (Å²) >= 11 is 0. The molecule has 0 bridgehead atoms. The van der Waals surface area contributed by atoms with E-state index in [0.717, 1.165) is 44.6 Å². The maximum absolute atomic E-state index is 12.7. The van der Waals surface area contributed by atoms with Gasteiger partial charge >= 0.3 is 12.2 Å². The van der Waals surface area contributed by atoms with Crippen LogP contribution in [0.5, 0.6) is 0 Å². The van der Waals surface area contributed by atoms with Crippen molar-refractivity contribution in [3.05, 3.63) is 35.4 Å². The quantitative estimate of drug-likeness (QED) is 0.886. The van der Waals surface area contributed by atoms with Gasteiger partial charge in [-0.05, 0) is 42.9 Å². The Labute approximate surface area is 140 Å². The lowest BCUT2D eigenvalue weighted by molar-refractivity contribution is -0.137. The Morgan fingerprint density at radius 3 is 2.88 bits per heavy atom. The van der Waals surface area contributed by atoms with Gasteiger partial charge in [-0.1, -0.05) is 12.1 Å². The normalized spacial score (nSPS) is 18.2. The summed E-state index contributed by atoms with van der Waals surface area (Å²) in [7, 11) is 1.57. The van der Waals surface area contributed by atoms with Crippen LogP contribution < -0.4 is 5.32 Å². The van der Waals surface area contributed by atoms with Crippen molar-refractivity contribution in [2.24, 2.45) is 5.92 Å². The number of ether oxygens (including phenoxy) is 1. The average Bonchev–Trinajstić information content (AvgIpc) is 2.55. The fourth-order valence-corrected chi connectivity index (χ4v) is 2.74. The number of carbonyl (C=O) groups excluding carboxylic acids is 1. The summed E-state index contributed by atoms with van der Waals surface area (Å²) in [6, 6.07) is 4.74. The number of alkyl halides is 3. The van der Waals surface area contributed by atoms with Crippen molar-refractivity contribution < 1.29 is 22.7 Å². The van der Waals surface area contributed by atoms with E-state index in [9.17, 15) is 18.0 Å². The Morgan fingerprint density at radius 1 is 1.42 bits per heavy atom. The largest absolute Gasteiger partial charge is 0.416 e. The van der Waals surface area contributed by atoms with E-state index in [-0.39, 0.29) is 12.6 Å². The zero-order chi connectivity index (χ0) is 17.6. The Balaban J connectivity index is 1.78. The first kappa shape index (κ1) is 18.6. The van der Waals surface area contributed by atoms with E-state index in [0.29, 0.717) is 18.0 Å². The number of halogens is 3. The second kappa shape index (κ2) is 8.37. The summed E-state index contributed by atoms with van der Waals surface area (Å²) in [5.74, 6) is 0.466. The van der Waals surface area contributed by atoms with Crippen LogP contribution in [0.4, 0.5) is 18.0 Å². The summed E-state index contributed by atoms with van der Waals surface area (Å²) < 4.78 is 43.5. The number of hydrogen-bond acceptors (Lipinski definition) is 2. The first-order valence-corrected chi connectivity index (χ1v) is 8.09. The molecule has 1 saturated heterocycles. The lowest BCUT2D eigenvalue weighted by Crippen LogP contribution is -2.38. The van der Waals surface area contributed by atoms with Gasteiger partial charge in [-0.2, -0.15) is 13.2 Å². The van der Waals surface area contributed by atoms with Crippen LogP contribution in [0.1, 0.15) is 30.4 Å². The number of rotatable bonds is 5.